The standard InChI is InChI=1S/C21H18N2O5/c1-27-18-12-16-10-6-5-9-15(16)11-17(18)21(26)28-13-19(24)22-23-20(25)14-7-3-2-4-8-14/h2-12H,13H2,1H3,(H,22,24)(H,23,25). The molecule has 0 saturated carbocycles. The molecule has 2 N–H and O–H groups in total. The third-order valence-electron chi connectivity index (χ3n) is 3.97. The van der Waals surface area contributed by atoms with Crippen molar-refractivity contribution in [2.24, 2.45) is 0 Å². The molecular formula is C21H18N2O5. The van der Waals surface area contributed by atoms with Gasteiger partial charge in [0.2, 0.25) is 0 Å². The Morgan fingerprint density at radius 3 is 2.18 bits per heavy atom. The first-order valence-corrected chi connectivity index (χ1v) is 8.46. The Hall–Kier alpha value is -3.87. The molecule has 0 aromatic heterocycles. The maximum Gasteiger partial charge on any atom is 0.342 e. The second-order valence-corrected chi connectivity index (χ2v) is 5.84. The molecule has 7 nitrogen and oxygen atoms in total. The Morgan fingerprint density at radius 1 is 0.857 bits per heavy atom. The number of hydrogen-bond donors (Lipinski definition) is 2. The van der Waals surface area contributed by atoms with Crippen molar-refractivity contribution in [3.63, 3.8) is 0 Å². The van der Waals surface area contributed by atoms with Crippen LogP contribution in [0.5, 0.6) is 5.75 Å². The molecule has 0 heterocycles. The Morgan fingerprint density at radius 2 is 1.50 bits per heavy atom. The fourth-order valence-electron chi connectivity index (χ4n) is 2.58. The lowest BCUT2D eigenvalue weighted by atomic mass is 10.1. The number of hydrazine groups is 1. The van der Waals surface area contributed by atoms with Crippen LogP contribution in [0.3, 0.4) is 0 Å². The number of methoxy groups -OCH3 is 1. The van der Waals surface area contributed by atoms with Crippen molar-refractivity contribution in [2.45, 2.75) is 0 Å². The summed E-state index contributed by atoms with van der Waals surface area (Å²) in [5.41, 5.74) is 5.05. The van der Waals surface area contributed by atoms with Crippen LogP contribution in [0.1, 0.15) is 20.7 Å². The van der Waals surface area contributed by atoms with Crippen LogP contribution in [-0.2, 0) is 9.53 Å². The van der Waals surface area contributed by atoms with Crippen LogP contribution in [0.4, 0.5) is 0 Å². The minimum absolute atomic E-state index is 0.210. The van der Waals surface area contributed by atoms with Gasteiger partial charge < -0.3 is 9.47 Å². The predicted octanol–water partition coefficient (Wildman–Crippen LogP) is 2.47. The van der Waals surface area contributed by atoms with E-state index < -0.39 is 24.4 Å². The van der Waals surface area contributed by atoms with Gasteiger partial charge in [0, 0.05) is 5.56 Å². The van der Waals surface area contributed by atoms with Crippen LogP contribution < -0.4 is 15.6 Å². The largest absolute Gasteiger partial charge is 0.496 e. The molecule has 0 bridgehead atoms. The molecule has 3 rings (SSSR count). The highest BCUT2D eigenvalue weighted by Crippen LogP contribution is 2.26. The summed E-state index contributed by atoms with van der Waals surface area (Å²) in [7, 11) is 1.45. The first kappa shape index (κ1) is 18.9. The van der Waals surface area contributed by atoms with Crippen LogP contribution in [-0.4, -0.2) is 31.5 Å². The minimum atomic E-state index is -0.702. The average molecular weight is 378 g/mol. The lowest BCUT2D eigenvalue weighted by molar-refractivity contribution is -0.125. The smallest absolute Gasteiger partial charge is 0.342 e. The van der Waals surface area contributed by atoms with Gasteiger partial charge in [-0.1, -0.05) is 42.5 Å². The van der Waals surface area contributed by atoms with E-state index in [-0.39, 0.29) is 5.56 Å². The number of ether oxygens (including phenoxy) is 2. The minimum Gasteiger partial charge on any atom is -0.496 e. The molecule has 0 fully saturated rings. The number of fused-ring (bicyclic) bond motifs is 1. The van der Waals surface area contributed by atoms with Gasteiger partial charge in [-0.05, 0) is 35.0 Å². The summed E-state index contributed by atoms with van der Waals surface area (Å²) < 4.78 is 10.3. The molecule has 28 heavy (non-hydrogen) atoms. The summed E-state index contributed by atoms with van der Waals surface area (Å²) in [5.74, 6) is -1.50. The van der Waals surface area contributed by atoms with E-state index in [0.29, 0.717) is 11.3 Å². The zero-order valence-electron chi connectivity index (χ0n) is 15.1. The van der Waals surface area contributed by atoms with Crippen molar-refractivity contribution >= 4 is 28.6 Å². The number of carbonyl (C=O) groups is 3. The van der Waals surface area contributed by atoms with E-state index in [1.54, 1.807) is 42.5 Å². The Kier molecular flexibility index (Phi) is 5.86. The van der Waals surface area contributed by atoms with Crippen molar-refractivity contribution in [3.8, 4) is 5.75 Å². The fraction of sp³-hybridized carbons (Fsp3) is 0.0952. The van der Waals surface area contributed by atoms with Crippen molar-refractivity contribution in [1.82, 2.24) is 10.9 Å². The lowest BCUT2D eigenvalue weighted by Crippen LogP contribution is -2.43. The van der Waals surface area contributed by atoms with Gasteiger partial charge in [-0.15, -0.1) is 0 Å². The van der Waals surface area contributed by atoms with E-state index in [9.17, 15) is 14.4 Å². The van der Waals surface area contributed by atoms with E-state index in [1.807, 2.05) is 24.3 Å². The van der Waals surface area contributed by atoms with Gasteiger partial charge in [0.15, 0.2) is 6.61 Å². The summed E-state index contributed by atoms with van der Waals surface area (Å²) >= 11 is 0. The van der Waals surface area contributed by atoms with Crippen LogP contribution in [0.2, 0.25) is 0 Å². The summed E-state index contributed by atoms with van der Waals surface area (Å²) in [6, 6.07) is 19.3. The number of benzene rings is 3. The molecule has 0 spiro atoms. The van der Waals surface area contributed by atoms with Crippen molar-refractivity contribution in [2.75, 3.05) is 13.7 Å². The second-order valence-electron chi connectivity index (χ2n) is 5.84. The second kappa shape index (κ2) is 8.68. The molecule has 3 aromatic carbocycles. The van der Waals surface area contributed by atoms with E-state index in [0.717, 1.165) is 10.8 Å². The van der Waals surface area contributed by atoms with Crippen LogP contribution in [0.25, 0.3) is 10.8 Å². The summed E-state index contributed by atoms with van der Waals surface area (Å²) in [4.78, 5) is 36.1. The SMILES string of the molecule is COc1cc2ccccc2cc1C(=O)OCC(=O)NNC(=O)c1ccccc1. The van der Waals surface area contributed by atoms with E-state index in [1.165, 1.54) is 7.11 Å². The monoisotopic (exact) mass is 378 g/mol. The summed E-state index contributed by atoms with van der Waals surface area (Å²) in [5, 5.41) is 1.76. The number of esters is 1. The fourth-order valence-corrected chi connectivity index (χ4v) is 2.58. The normalized spacial score (nSPS) is 10.2. The molecule has 142 valence electrons. The first-order valence-electron chi connectivity index (χ1n) is 8.46. The highest BCUT2D eigenvalue weighted by Gasteiger charge is 2.17. The Labute approximate surface area is 161 Å². The number of carbonyl (C=O) groups excluding carboxylic acids is 3. The van der Waals surface area contributed by atoms with Crippen LogP contribution >= 0.6 is 0 Å². The van der Waals surface area contributed by atoms with Gasteiger partial charge in [0.25, 0.3) is 11.8 Å². The van der Waals surface area contributed by atoms with Gasteiger partial charge in [-0.25, -0.2) is 4.79 Å². The number of amides is 2. The van der Waals surface area contributed by atoms with E-state index in [2.05, 4.69) is 10.9 Å². The van der Waals surface area contributed by atoms with Gasteiger partial charge in [0.1, 0.15) is 11.3 Å². The molecule has 0 aliphatic rings. The topological polar surface area (TPSA) is 93.7 Å². The van der Waals surface area contributed by atoms with E-state index >= 15 is 0 Å². The molecule has 0 unspecified atom stereocenters. The summed E-state index contributed by atoms with van der Waals surface area (Å²) in [6.07, 6.45) is 0. The third-order valence-corrected chi connectivity index (χ3v) is 3.97. The molecule has 0 aliphatic carbocycles. The molecule has 0 saturated heterocycles. The van der Waals surface area contributed by atoms with Gasteiger partial charge >= 0.3 is 5.97 Å². The maximum absolute atomic E-state index is 12.4. The number of rotatable bonds is 5. The quantitative estimate of drug-likeness (QED) is 0.525. The first-order chi connectivity index (χ1) is 13.6. The average Bonchev–Trinajstić information content (AvgIpc) is 2.75. The highest BCUT2D eigenvalue weighted by atomic mass is 16.5. The van der Waals surface area contributed by atoms with Gasteiger partial charge in [-0.2, -0.15) is 0 Å². The molecule has 2 amide bonds. The third kappa shape index (κ3) is 4.45. The molecule has 0 atom stereocenters. The van der Waals surface area contributed by atoms with Crippen LogP contribution in [0.15, 0.2) is 66.7 Å². The molecule has 0 aliphatic heterocycles. The number of hydrogen-bond acceptors (Lipinski definition) is 5. The zero-order chi connectivity index (χ0) is 19.9. The van der Waals surface area contributed by atoms with Gasteiger partial charge in [-0.3, -0.25) is 20.4 Å². The molecule has 0 radical (unpaired) electrons. The highest BCUT2D eigenvalue weighted by molar-refractivity contribution is 6.00. The van der Waals surface area contributed by atoms with Gasteiger partial charge in [0.05, 0.1) is 7.11 Å². The molecular weight excluding hydrogens is 360 g/mol. The molecule has 3 aromatic rings. The lowest BCUT2D eigenvalue weighted by Gasteiger charge is -2.11. The van der Waals surface area contributed by atoms with Crippen molar-refractivity contribution in [1.29, 1.82) is 0 Å². The summed E-state index contributed by atoms with van der Waals surface area (Å²) in [6.45, 7) is -0.552. The Balaban J connectivity index is 1.58. The Bertz CT molecular complexity index is 1020. The predicted molar refractivity (Wildman–Crippen MR) is 103 cm³/mol. The molecule has 7 heteroatoms. The van der Waals surface area contributed by atoms with Crippen molar-refractivity contribution < 1.29 is 23.9 Å². The zero-order valence-corrected chi connectivity index (χ0v) is 15.1. The maximum atomic E-state index is 12.4. The number of nitrogens with one attached hydrogen (secondary N) is 2. The van der Waals surface area contributed by atoms with E-state index in [4.69, 9.17) is 9.47 Å². The van der Waals surface area contributed by atoms with Crippen LogP contribution in [0, 0.1) is 0 Å². The van der Waals surface area contributed by atoms with Crippen molar-refractivity contribution in [3.05, 3.63) is 77.9 Å².